The van der Waals surface area contributed by atoms with Crippen molar-refractivity contribution in [2.45, 2.75) is 105 Å². The Labute approximate surface area is 292 Å². The van der Waals surface area contributed by atoms with Crippen LogP contribution in [0.4, 0.5) is 18.0 Å². The second-order valence-electron chi connectivity index (χ2n) is 16.3. The Hall–Kier alpha value is -3.21. The van der Waals surface area contributed by atoms with E-state index in [2.05, 4.69) is 27.8 Å². The third-order valence-electron chi connectivity index (χ3n) is 10.1. The summed E-state index contributed by atoms with van der Waals surface area (Å²) in [5.41, 5.74) is -1.85. The molecule has 2 heterocycles. The molecule has 284 valence electrons. The largest absolute Gasteiger partial charge is 0.389 e. The van der Waals surface area contributed by atoms with Crippen LogP contribution in [0.15, 0.2) is 12.7 Å². The molecule has 4 N–H and O–H groups in total. The molecular weight excluding hydrogens is 681 g/mol. The van der Waals surface area contributed by atoms with E-state index in [0.29, 0.717) is 13.0 Å². The van der Waals surface area contributed by atoms with Crippen molar-refractivity contribution in [3.63, 3.8) is 0 Å². The number of hydrogen-bond donors (Lipinski definition) is 4. The van der Waals surface area contributed by atoms with Crippen LogP contribution < -0.4 is 21.3 Å². The van der Waals surface area contributed by atoms with Gasteiger partial charge < -0.3 is 26.2 Å². The zero-order chi connectivity index (χ0) is 38.2. The third kappa shape index (κ3) is 9.76. The first kappa shape index (κ1) is 41.2. The van der Waals surface area contributed by atoms with Gasteiger partial charge in [-0.1, -0.05) is 61.5 Å². The van der Waals surface area contributed by atoms with Crippen LogP contribution in [0.1, 0.15) is 74.7 Å². The highest BCUT2D eigenvalue weighted by Gasteiger charge is 2.70. The van der Waals surface area contributed by atoms with Crippen molar-refractivity contribution in [1.29, 1.82) is 0 Å². The van der Waals surface area contributed by atoms with Crippen molar-refractivity contribution in [2.24, 2.45) is 28.1 Å². The molecule has 50 heavy (non-hydrogen) atoms. The maximum Gasteiger partial charge on any atom is 0.389 e. The fraction of sp³-hybridized carbons (Fsp3) is 0.788. The number of fused-ring (bicyclic) bond motifs is 1. The van der Waals surface area contributed by atoms with Crippen LogP contribution in [0.25, 0.3) is 0 Å². The number of alkyl halides is 3. The predicted octanol–water partition coefficient (Wildman–Crippen LogP) is 2.33. The predicted molar refractivity (Wildman–Crippen MR) is 180 cm³/mol. The molecule has 3 rings (SSSR count). The standard InChI is InChI=1S/C33H53F3N6O7S/c1-10-14-37-27(45)24(43)20(12-13-33(34,35)36)38-26(44)23-22-19(32(22,8)9)17-42(23)28(46)25(31(5,6)7)40-29(47)39-21(30(2,3)4)18-41-15-11-16-50(41,48)49/h10,19-23,25H,1,11-18H2,2-9H3,(H,37,45)(H,38,44)(H2,39,40,47)/t19-,20?,21+,22-,23-,25+/m0/s1. The quantitative estimate of drug-likeness (QED) is 0.166. The number of nitrogens with zero attached hydrogens (tertiary/aromatic N) is 2. The summed E-state index contributed by atoms with van der Waals surface area (Å²) in [6, 6.07) is -5.51. The number of carbonyl (C=O) groups excluding carboxylic acids is 5. The zero-order valence-electron chi connectivity index (χ0n) is 30.2. The first-order valence-electron chi connectivity index (χ1n) is 16.9. The van der Waals surface area contributed by atoms with Crippen molar-refractivity contribution in [3.05, 3.63) is 12.7 Å². The lowest BCUT2D eigenvalue weighted by Crippen LogP contribution is -2.62. The second kappa shape index (κ2) is 14.8. The highest BCUT2D eigenvalue weighted by atomic mass is 32.2. The third-order valence-corrected chi connectivity index (χ3v) is 12.0. The average molecular weight is 735 g/mol. The van der Waals surface area contributed by atoms with Gasteiger partial charge in [-0.2, -0.15) is 17.5 Å². The van der Waals surface area contributed by atoms with Crippen molar-refractivity contribution >= 4 is 39.6 Å². The molecule has 3 fully saturated rings. The van der Waals surface area contributed by atoms with Gasteiger partial charge in [0.25, 0.3) is 5.91 Å². The lowest BCUT2D eigenvalue weighted by Gasteiger charge is -2.39. The molecule has 2 aliphatic heterocycles. The Morgan fingerprint density at radius 1 is 0.980 bits per heavy atom. The maximum absolute atomic E-state index is 14.3. The lowest BCUT2D eigenvalue weighted by molar-refractivity contribution is -0.148. The molecule has 0 radical (unpaired) electrons. The summed E-state index contributed by atoms with van der Waals surface area (Å²) < 4.78 is 65.9. The monoisotopic (exact) mass is 734 g/mol. The van der Waals surface area contributed by atoms with Gasteiger partial charge >= 0.3 is 12.2 Å². The van der Waals surface area contributed by atoms with E-state index in [-0.39, 0.29) is 37.2 Å². The van der Waals surface area contributed by atoms with Crippen LogP contribution in [0, 0.1) is 28.1 Å². The maximum atomic E-state index is 14.3. The molecule has 0 bridgehead atoms. The minimum atomic E-state index is -4.67. The topological polar surface area (TPSA) is 174 Å². The van der Waals surface area contributed by atoms with Gasteiger partial charge in [0.2, 0.25) is 27.6 Å². The number of nitrogens with one attached hydrogen (secondary N) is 4. The molecule has 3 aliphatic rings. The molecule has 1 aliphatic carbocycles. The van der Waals surface area contributed by atoms with Crippen LogP contribution in [-0.4, -0.2) is 109 Å². The van der Waals surface area contributed by atoms with Gasteiger partial charge in [0, 0.05) is 38.6 Å². The lowest BCUT2D eigenvalue weighted by atomic mass is 9.85. The first-order chi connectivity index (χ1) is 22.7. The highest BCUT2D eigenvalue weighted by Crippen LogP contribution is 2.65. The summed E-state index contributed by atoms with van der Waals surface area (Å²) in [7, 11) is -3.45. The van der Waals surface area contributed by atoms with Gasteiger partial charge in [0.05, 0.1) is 11.8 Å². The Bertz CT molecular complexity index is 1450. The van der Waals surface area contributed by atoms with Crippen LogP contribution >= 0.6 is 0 Å². The van der Waals surface area contributed by atoms with Crippen LogP contribution in [0.3, 0.4) is 0 Å². The van der Waals surface area contributed by atoms with Gasteiger partial charge in [-0.3, -0.25) is 19.2 Å². The van der Waals surface area contributed by atoms with E-state index in [1.165, 1.54) is 15.3 Å². The van der Waals surface area contributed by atoms with Crippen molar-refractivity contribution in [1.82, 2.24) is 30.5 Å². The molecule has 1 unspecified atom stereocenters. The van der Waals surface area contributed by atoms with E-state index in [1.54, 1.807) is 20.8 Å². The molecule has 2 saturated heterocycles. The van der Waals surface area contributed by atoms with Crippen molar-refractivity contribution < 1.29 is 45.6 Å². The number of halogens is 3. The molecular formula is C33H53F3N6O7S. The minimum Gasteiger partial charge on any atom is -0.346 e. The Kier molecular flexibility index (Phi) is 12.2. The number of piperidine rings is 1. The fourth-order valence-electron chi connectivity index (χ4n) is 6.84. The number of rotatable bonds is 13. The SMILES string of the molecule is C=CCNC(=O)C(=O)C(CCC(F)(F)F)NC(=O)[C@@H]1[C@@H]2[C@H](CN1C(=O)[C@@H](NC(=O)N[C@H](CN1CCCS1(=O)=O)C(C)(C)C)C(C)(C)C)C2(C)C. The molecule has 13 nitrogen and oxygen atoms in total. The Balaban J connectivity index is 1.85. The number of hydrogen-bond acceptors (Lipinski definition) is 7. The molecule has 6 atom stereocenters. The Morgan fingerprint density at radius 3 is 2.10 bits per heavy atom. The van der Waals surface area contributed by atoms with Gasteiger partial charge in [0.1, 0.15) is 12.1 Å². The number of urea groups is 1. The minimum absolute atomic E-state index is 0.0276. The number of Topliss-reactive ketones (excluding diaryl/α,β-unsaturated/α-hetero) is 1. The Morgan fingerprint density at radius 2 is 1.60 bits per heavy atom. The normalized spacial score (nSPS) is 24.7. The molecule has 0 spiro atoms. The molecule has 0 aromatic heterocycles. The van der Waals surface area contributed by atoms with E-state index in [9.17, 15) is 45.6 Å². The molecule has 5 amide bonds. The van der Waals surface area contributed by atoms with Gasteiger partial charge in [-0.15, -0.1) is 6.58 Å². The molecule has 17 heteroatoms. The van der Waals surface area contributed by atoms with E-state index in [0.717, 1.165) is 0 Å². The smallest absolute Gasteiger partial charge is 0.346 e. The number of carbonyl (C=O) groups is 5. The number of likely N-dealkylation sites (tertiary alicyclic amines) is 1. The molecule has 0 aromatic rings. The van der Waals surface area contributed by atoms with Gasteiger partial charge in [-0.25, -0.2) is 13.2 Å². The van der Waals surface area contributed by atoms with E-state index >= 15 is 0 Å². The average Bonchev–Trinajstić information content (AvgIpc) is 3.27. The van der Waals surface area contributed by atoms with Crippen LogP contribution in [0.2, 0.25) is 0 Å². The number of ketones is 1. The van der Waals surface area contributed by atoms with Gasteiger partial charge in [-0.05, 0) is 40.9 Å². The molecule has 1 saturated carbocycles. The number of sulfonamides is 1. The summed E-state index contributed by atoms with van der Waals surface area (Å²) in [6.07, 6.45) is -5.22. The van der Waals surface area contributed by atoms with E-state index < -0.39 is 99.0 Å². The van der Waals surface area contributed by atoms with Crippen molar-refractivity contribution in [2.75, 3.05) is 31.9 Å². The summed E-state index contributed by atoms with van der Waals surface area (Å²) >= 11 is 0. The summed E-state index contributed by atoms with van der Waals surface area (Å²) in [5, 5.41) is 10.2. The summed E-state index contributed by atoms with van der Waals surface area (Å²) in [4.78, 5) is 68.3. The second-order valence-corrected chi connectivity index (χ2v) is 18.4. The van der Waals surface area contributed by atoms with Gasteiger partial charge in [0.15, 0.2) is 0 Å². The van der Waals surface area contributed by atoms with Crippen LogP contribution in [-0.2, 0) is 29.2 Å². The van der Waals surface area contributed by atoms with Crippen molar-refractivity contribution in [3.8, 4) is 0 Å². The fourth-order valence-corrected chi connectivity index (χ4v) is 8.37. The summed E-state index contributed by atoms with van der Waals surface area (Å²) in [5.74, 6) is -4.41. The van der Waals surface area contributed by atoms with E-state index in [1.807, 2.05) is 34.6 Å². The summed E-state index contributed by atoms with van der Waals surface area (Å²) in [6.45, 7) is 18.3. The number of amides is 5. The zero-order valence-corrected chi connectivity index (χ0v) is 31.0. The molecule has 0 aromatic carbocycles. The van der Waals surface area contributed by atoms with Crippen LogP contribution in [0.5, 0.6) is 0 Å². The highest BCUT2D eigenvalue weighted by molar-refractivity contribution is 7.89. The first-order valence-corrected chi connectivity index (χ1v) is 18.5. The van der Waals surface area contributed by atoms with E-state index in [4.69, 9.17) is 0 Å².